The lowest BCUT2D eigenvalue weighted by Crippen LogP contribution is -2.69. The van der Waals surface area contributed by atoms with E-state index in [-0.39, 0.29) is 18.0 Å². The first-order valence-corrected chi connectivity index (χ1v) is 18.7. The first-order valence-electron chi connectivity index (χ1n) is 16.4. The summed E-state index contributed by atoms with van der Waals surface area (Å²) in [4.78, 5) is 47.7. The van der Waals surface area contributed by atoms with Crippen molar-refractivity contribution in [3.8, 4) is 6.07 Å². The van der Waals surface area contributed by atoms with Crippen molar-refractivity contribution in [2.75, 3.05) is 13.1 Å². The first kappa shape index (κ1) is 39.7. The highest BCUT2D eigenvalue weighted by molar-refractivity contribution is 7.96. The molecule has 1 saturated carbocycles. The zero-order chi connectivity index (χ0) is 38.8. The van der Waals surface area contributed by atoms with E-state index < -0.39 is 114 Å². The lowest BCUT2D eigenvalue weighted by atomic mass is 9.79. The smallest absolute Gasteiger partial charge is 0.414 e. The van der Waals surface area contributed by atoms with Crippen LogP contribution in [-0.4, -0.2) is 95.0 Å². The molecular formula is C33H37Cl2F4N5O7S. The summed E-state index contributed by atoms with van der Waals surface area (Å²) in [6, 6.07) is 1.37. The van der Waals surface area contributed by atoms with Crippen LogP contribution in [-0.2, 0) is 34.4 Å². The highest BCUT2D eigenvalue weighted by atomic mass is 35.5. The Morgan fingerprint density at radius 1 is 1.15 bits per heavy atom. The van der Waals surface area contributed by atoms with Crippen LogP contribution in [0, 0.1) is 23.1 Å². The second kappa shape index (κ2) is 13.7. The van der Waals surface area contributed by atoms with E-state index in [9.17, 15) is 41.2 Å². The number of nitrogens with zero attached hydrogens (tertiary/aromatic N) is 4. The van der Waals surface area contributed by atoms with Crippen LogP contribution in [0.25, 0.3) is 0 Å². The molecule has 4 aliphatic rings. The van der Waals surface area contributed by atoms with Crippen molar-refractivity contribution in [2.24, 2.45) is 5.92 Å². The quantitative estimate of drug-likeness (QED) is 0.347. The molecule has 19 heteroatoms. The third kappa shape index (κ3) is 7.49. The van der Waals surface area contributed by atoms with Gasteiger partial charge in [-0.1, -0.05) is 36.2 Å². The van der Waals surface area contributed by atoms with Crippen LogP contribution in [0.2, 0.25) is 5.02 Å². The van der Waals surface area contributed by atoms with E-state index in [4.69, 9.17) is 32.7 Å². The number of carbonyl (C=O) groups is 3. The van der Waals surface area contributed by atoms with Gasteiger partial charge >= 0.3 is 12.3 Å². The molecule has 1 aromatic heterocycles. The van der Waals surface area contributed by atoms with Gasteiger partial charge in [0.1, 0.15) is 28.7 Å². The topological polar surface area (TPSA) is 159 Å². The average molecular weight is 795 g/mol. The van der Waals surface area contributed by atoms with Crippen LogP contribution in [0.15, 0.2) is 34.4 Å². The van der Waals surface area contributed by atoms with E-state index in [0.717, 1.165) is 41.1 Å². The molecule has 2 aliphatic carbocycles. The second-order valence-electron chi connectivity index (χ2n) is 14.5. The van der Waals surface area contributed by atoms with Gasteiger partial charge < -0.3 is 19.7 Å². The first-order chi connectivity index (χ1) is 24.0. The zero-order valence-electron chi connectivity index (χ0n) is 28.8. The number of aromatic nitrogens is 1. The number of nitrogens with one attached hydrogen (secondary N) is 1. The van der Waals surface area contributed by atoms with Gasteiger partial charge in [0.2, 0.25) is 5.91 Å². The van der Waals surface area contributed by atoms with E-state index >= 15 is 4.39 Å². The number of pyridine rings is 1. The number of allylic oxidation sites excluding steroid dienone is 1. The maximum atomic E-state index is 15.7. The van der Waals surface area contributed by atoms with Crippen molar-refractivity contribution in [2.45, 2.75) is 107 Å². The minimum Gasteiger partial charge on any atom is -0.444 e. The van der Waals surface area contributed by atoms with Gasteiger partial charge in [-0.15, -0.1) is 0 Å². The molecule has 1 N–H and O–H groups in total. The SMILES string of the molecule is CC1C=C(S(=O)(=O)C2CC(C(=O)NC3(C#N)CC3)N(C(=O)C3(c4ncc(Cl)cc4F)CCN3C(=O)OC(C)(C)C)C2)C(Cl)=CC1OC(C)C(F)(F)F. The zero-order valence-corrected chi connectivity index (χ0v) is 31.1. The predicted molar refractivity (Wildman–Crippen MR) is 179 cm³/mol. The Kier molecular flexibility index (Phi) is 10.5. The second-order valence-corrected chi connectivity index (χ2v) is 17.5. The molecule has 52 heavy (non-hydrogen) atoms. The number of halogens is 6. The Labute approximate surface area is 308 Å². The Bertz CT molecular complexity index is 1880. The van der Waals surface area contributed by atoms with Gasteiger partial charge in [0, 0.05) is 31.6 Å². The fraction of sp³-hybridized carbons (Fsp3) is 0.606. The van der Waals surface area contributed by atoms with Crippen LogP contribution in [0.4, 0.5) is 22.4 Å². The van der Waals surface area contributed by atoms with Gasteiger partial charge in [0.25, 0.3) is 5.91 Å². The summed E-state index contributed by atoms with van der Waals surface area (Å²) < 4.78 is 94.4. The van der Waals surface area contributed by atoms with Gasteiger partial charge in [-0.3, -0.25) is 19.5 Å². The van der Waals surface area contributed by atoms with E-state index in [0.29, 0.717) is 12.8 Å². The Hall–Kier alpha value is -3.46. The number of amides is 3. The van der Waals surface area contributed by atoms with Crippen molar-refractivity contribution < 1.29 is 49.8 Å². The van der Waals surface area contributed by atoms with Gasteiger partial charge in [-0.2, -0.15) is 18.4 Å². The number of ether oxygens (including phenoxy) is 2. The monoisotopic (exact) mass is 793 g/mol. The average Bonchev–Trinajstić information content (AvgIpc) is 3.62. The summed E-state index contributed by atoms with van der Waals surface area (Å²) in [5.74, 6) is -3.81. The molecule has 0 bridgehead atoms. The van der Waals surface area contributed by atoms with Crippen LogP contribution in [0.5, 0.6) is 0 Å². The number of rotatable bonds is 8. The van der Waals surface area contributed by atoms with Crippen molar-refractivity contribution in [1.29, 1.82) is 5.26 Å². The molecule has 0 radical (unpaired) electrons. The summed E-state index contributed by atoms with van der Waals surface area (Å²) in [5.41, 5.74) is -4.95. The summed E-state index contributed by atoms with van der Waals surface area (Å²) in [6.45, 7) is 6.27. The minimum atomic E-state index is -4.68. The van der Waals surface area contributed by atoms with E-state index in [2.05, 4.69) is 10.3 Å². The Morgan fingerprint density at radius 3 is 2.33 bits per heavy atom. The Morgan fingerprint density at radius 2 is 1.81 bits per heavy atom. The maximum absolute atomic E-state index is 15.7. The summed E-state index contributed by atoms with van der Waals surface area (Å²) in [5, 5.41) is 10.2. The Balaban J connectivity index is 1.53. The molecule has 12 nitrogen and oxygen atoms in total. The van der Waals surface area contributed by atoms with Gasteiger partial charge in [-0.05, 0) is 59.1 Å². The molecule has 3 fully saturated rings. The lowest BCUT2D eigenvalue weighted by molar-refractivity contribution is -0.224. The minimum absolute atomic E-state index is 0.0876. The van der Waals surface area contributed by atoms with E-state index in [1.54, 1.807) is 20.8 Å². The number of hydrogen-bond donors (Lipinski definition) is 1. The van der Waals surface area contributed by atoms with Crippen molar-refractivity contribution >= 4 is 50.9 Å². The van der Waals surface area contributed by atoms with Gasteiger partial charge in [0.05, 0.1) is 32.4 Å². The molecule has 0 aromatic carbocycles. The number of carbonyl (C=O) groups excluding carboxylic acids is 3. The lowest BCUT2D eigenvalue weighted by Gasteiger charge is -2.52. The van der Waals surface area contributed by atoms with E-state index in [1.807, 2.05) is 6.07 Å². The van der Waals surface area contributed by atoms with Crippen molar-refractivity contribution in [1.82, 2.24) is 20.1 Å². The molecule has 3 heterocycles. The van der Waals surface area contributed by atoms with Crippen LogP contribution < -0.4 is 5.32 Å². The standard InChI is InChI=1S/C33H37Cl2F4N5O7S/c1-17-10-25(21(35)13-24(17)50-18(2)33(37,38)39)52(48,49)20-12-23(27(45)42-31(16-40)6-7-31)43(15-20)28(46)32(26-22(36)11-19(34)14-41-26)8-9-44(32)29(47)51-30(3,4)5/h10-11,13-14,17-18,20,23-24H,6-9,12,15H2,1-5H3,(H,42,45). The molecular weight excluding hydrogens is 757 g/mol. The highest BCUT2D eigenvalue weighted by Gasteiger charge is 2.62. The molecule has 284 valence electrons. The number of alkyl halides is 3. The summed E-state index contributed by atoms with van der Waals surface area (Å²) in [7, 11) is -4.53. The third-order valence-electron chi connectivity index (χ3n) is 9.52. The molecule has 6 atom stereocenters. The fourth-order valence-electron chi connectivity index (χ4n) is 6.42. The summed E-state index contributed by atoms with van der Waals surface area (Å²) >= 11 is 12.3. The van der Waals surface area contributed by atoms with Crippen molar-refractivity contribution in [3.05, 3.63) is 50.9 Å². The number of likely N-dealkylation sites (tertiary alicyclic amines) is 2. The number of sulfone groups is 1. The largest absolute Gasteiger partial charge is 0.444 e. The third-order valence-corrected chi connectivity index (χ3v) is 12.4. The fourth-order valence-corrected chi connectivity index (χ4v) is 8.97. The molecule has 2 saturated heterocycles. The normalized spacial score (nSPS) is 27.8. The molecule has 6 unspecified atom stereocenters. The van der Waals surface area contributed by atoms with Crippen molar-refractivity contribution in [3.63, 3.8) is 0 Å². The number of hydrogen-bond acceptors (Lipinski definition) is 9. The molecule has 5 rings (SSSR count). The van der Waals surface area contributed by atoms with Gasteiger partial charge in [-0.25, -0.2) is 17.6 Å². The maximum Gasteiger partial charge on any atom is 0.414 e. The van der Waals surface area contributed by atoms with Crippen LogP contribution in [0.1, 0.15) is 66.0 Å². The van der Waals surface area contributed by atoms with Crippen LogP contribution in [0.3, 0.4) is 0 Å². The molecule has 3 amide bonds. The number of nitriles is 1. The summed E-state index contributed by atoms with van der Waals surface area (Å²) in [6.07, 6.45) is -5.84. The van der Waals surface area contributed by atoms with E-state index in [1.165, 1.54) is 6.92 Å². The highest BCUT2D eigenvalue weighted by Crippen LogP contribution is 2.46. The molecule has 2 aliphatic heterocycles. The predicted octanol–water partition coefficient (Wildman–Crippen LogP) is 5.26. The van der Waals surface area contributed by atoms with Gasteiger partial charge in [0.15, 0.2) is 21.5 Å². The van der Waals surface area contributed by atoms with Crippen LogP contribution >= 0.6 is 23.2 Å². The molecule has 1 aromatic rings. The molecule has 0 spiro atoms.